The van der Waals surface area contributed by atoms with Crippen LogP contribution in [0.3, 0.4) is 0 Å². The molecule has 0 aromatic carbocycles. The van der Waals surface area contributed by atoms with Gasteiger partial charge < -0.3 is 30.4 Å². The maximum absolute atomic E-state index is 10.7. The van der Waals surface area contributed by atoms with Gasteiger partial charge in [0, 0.05) is 30.4 Å². The molecule has 0 saturated carbocycles. The number of nitrogens with one attached hydrogen (secondary N) is 2. The fourth-order valence-corrected chi connectivity index (χ4v) is 3.32. The molecule has 11 heteroatoms. The maximum Gasteiger partial charge on any atom is 0.227 e. The van der Waals surface area contributed by atoms with E-state index in [1.165, 1.54) is 24.0 Å². The van der Waals surface area contributed by atoms with Gasteiger partial charge in [0.15, 0.2) is 5.65 Å². The third-order valence-corrected chi connectivity index (χ3v) is 4.82. The Labute approximate surface area is 154 Å². The third-order valence-electron chi connectivity index (χ3n) is 4.82. The van der Waals surface area contributed by atoms with Gasteiger partial charge in [-0.15, -0.1) is 0 Å². The summed E-state index contributed by atoms with van der Waals surface area (Å²) in [6, 6.07) is 0. The van der Waals surface area contributed by atoms with Gasteiger partial charge in [-0.05, 0) is 6.92 Å². The van der Waals surface area contributed by atoms with E-state index in [0.29, 0.717) is 23.7 Å². The molecule has 1 aliphatic rings. The monoisotopic (exact) mass is 375 g/mol. The summed E-state index contributed by atoms with van der Waals surface area (Å²) in [5.74, 6) is 0.489. The second-order valence-electron chi connectivity index (χ2n) is 6.69. The first-order valence-electron chi connectivity index (χ1n) is 8.59. The molecule has 4 atom stereocenters. The predicted molar refractivity (Wildman–Crippen MR) is 92.9 cm³/mol. The topological polar surface area (TPSA) is 154 Å². The number of ether oxygens (including phenoxy) is 1. The van der Waals surface area contributed by atoms with Crippen LogP contribution in [0.1, 0.15) is 24.3 Å². The molecular formula is C16H21N7O4. The number of imidazole rings is 1. The van der Waals surface area contributed by atoms with E-state index in [-0.39, 0.29) is 0 Å². The van der Waals surface area contributed by atoms with Crippen LogP contribution in [0.25, 0.3) is 5.65 Å². The van der Waals surface area contributed by atoms with Crippen molar-refractivity contribution in [2.45, 2.75) is 37.3 Å². The highest BCUT2D eigenvalue weighted by Crippen LogP contribution is 2.42. The summed E-state index contributed by atoms with van der Waals surface area (Å²) in [7, 11) is 0. The van der Waals surface area contributed by atoms with Crippen molar-refractivity contribution in [2.75, 3.05) is 18.5 Å². The number of anilines is 1. The Bertz CT molecular complexity index is 911. The quantitative estimate of drug-likeness (QED) is 0.367. The number of H-pyrrole nitrogens is 1. The highest BCUT2D eigenvalue weighted by atomic mass is 16.6. The minimum atomic E-state index is -1.59. The number of aliphatic hydroxyl groups is 3. The highest BCUT2D eigenvalue weighted by Gasteiger charge is 2.53. The van der Waals surface area contributed by atoms with Crippen molar-refractivity contribution in [1.29, 1.82) is 0 Å². The van der Waals surface area contributed by atoms with Crippen LogP contribution in [0.4, 0.5) is 5.95 Å². The first-order valence-corrected chi connectivity index (χ1v) is 8.59. The molecule has 3 aromatic heterocycles. The normalized spacial score (nSPS) is 28.1. The van der Waals surface area contributed by atoms with Crippen LogP contribution in [0.15, 0.2) is 25.0 Å². The third kappa shape index (κ3) is 3.04. The second kappa shape index (κ2) is 6.85. The van der Waals surface area contributed by atoms with Crippen LogP contribution < -0.4 is 5.32 Å². The lowest BCUT2D eigenvalue weighted by Gasteiger charge is -2.25. The molecule has 0 amide bonds. The Morgan fingerprint density at radius 1 is 1.37 bits per heavy atom. The molecule has 4 rings (SSSR count). The number of rotatable bonds is 6. The van der Waals surface area contributed by atoms with Gasteiger partial charge in [-0.3, -0.25) is 0 Å². The summed E-state index contributed by atoms with van der Waals surface area (Å²) in [6.45, 7) is 1.67. The van der Waals surface area contributed by atoms with Crippen LogP contribution in [0, 0.1) is 0 Å². The molecular weight excluding hydrogens is 354 g/mol. The number of hydrogen-bond acceptors (Lipinski definition) is 9. The van der Waals surface area contributed by atoms with Crippen LogP contribution in [-0.2, 0) is 11.2 Å². The number of aromatic nitrogens is 6. The van der Waals surface area contributed by atoms with E-state index in [4.69, 9.17) is 4.74 Å². The fourth-order valence-electron chi connectivity index (χ4n) is 3.32. The van der Waals surface area contributed by atoms with Crippen molar-refractivity contribution in [2.24, 2.45) is 0 Å². The smallest absolute Gasteiger partial charge is 0.227 e. The van der Waals surface area contributed by atoms with Crippen LogP contribution in [-0.4, -0.2) is 75.8 Å². The number of aromatic amines is 1. The lowest BCUT2D eigenvalue weighted by atomic mass is 9.90. The number of nitrogens with zero attached hydrogens (tertiary/aromatic N) is 5. The molecule has 1 fully saturated rings. The Hall–Kier alpha value is -2.60. The van der Waals surface area contributed by atoms with E-state index in [0.717, 1.165) is 12.1 Å². The van der Waals surface area contributed by atoms with E-state index in [1.807, 2.05) is 0 Å². The predicted octanol–water partition coefficient (Wildman–Crippen LogP) is -0.954. The molecule has 27 heavy (non-hydrogen) atoms. The molecule has 3 aromatic rings. The van der Waals surface area contributed by atoms with Gasteiger partial charge in [0.05, 0.1) is 19.1 Å². The summed E-state index contributed by atoms with van der Waals surface area (Å²) in [5, 5.41) is 37.7. The zero-order chi connectivity index (χ0) is 19.0. The van der Waals surface area contributed by atoms with Crippen molar-refractivity contribution >= 4 is 11.6 Å². The average molecular weight is 375 g/mol. The minimum absolute atomic E-state index is 0.400. The maximum atomic E-state index is 10.7. The molecule has 0 aliphatic carbocycles. The summed E-state index contributed by atoms with van der Waals surface area (Å²) in [6.07, 6.45) is 4.04. The van der Waals surface area contributed by atoms with Gasteiger partial charge in [0.25, 0.3) is 0 Å². The Balaban J connectivity index is 1.59. The standard InChI is InChI=1S/C16H21N7O4/c1-16(26)12(25)11(6-24)27-13(16)10-5-22-23-14(10)20-8-21-15(23)18-3-2-9-4-17-7-19-9/h4-5,7-8,11-13,24-26H,2-3,6H2,1H3,(H,17,19)(H,18,20,21)/t11-,12-,13+,16-/m1/s1. The number of aliphatic hydroxyl groups excluding tert-OH is 2. The molecule has 144 valence electrons. The van der Waals surface area contributed by atoms with Crippen molar-refractivity contribution in [1.82, 2.24) is 29.5 Å². The van der Waals surface area contributed by atoms with Crippen LogP contribution in [0.2, 0.25) is 0 Å². The van der Waals surface area contributed by atoms with Gasteiger partial charge in [-0.2, -0.15) is 9.61 Å². The first-order chi connectivity index (χ1) is 13.0. The summed E-state index contributed by atoms with van der Waals surface area (Å²) >= 11 is 0. The van der Waals surface area contributed by atoms with Gasteiger partial charge in [0.1, 0.15) is 30.2 Å². The minimum Gasteiger partial charge on any atom is -0.394 e. The Morgan fingerprint density at radius 2 is 2.22 bits per heavy atom. The summed E-state index contributed by atoms with van der Waals surface area (Å²) in [5.41, 5.74) is 0.364. The first kappa shape index (κ1) is 17.8. The van der Waals surface area contributed by atoms with E-state index in [2.05, 4.69) is 30.4 Å². The van der Waals surface area contributed by atoms with Crippen molar-refractivity contribution < 1.29 is 20.1 Å². The van der Waals surface area contributed by atoms with E-state index in [9.17, 15) is 15.3 Å². The van der Waals surface area contributed by atoms with Gasteiger partial charge in [-0.1, -0.05) is 0 Å². The zero-order valence-corrected chi connectivity index (χ0v) is 14.6. The Morgan fingerprint density at radius 3 is 2.93 bits per heavy atom. The van der Waals surface area contributed by atoms with E-state index in [1.54, 1.807) is 12.5 Å². The molecule has 0 spiro atoms. The summed E-state index contributed by atoms with van der Waals surface area (Å²) < 4.78 is 7.18. The summed E-state index contributed by atoms with van der Waals surface area (Å²) in [4.78, 5) is 15.5. The average Bonchev–Trinajstić information content (AvgIpc) is 3.36. The van der Waals surface area contributed by atoms with Gasteiger partial charge >= 0.3 is 0 Å². The van der Waals surface area contributed by atoms with Crippen molar-refractivity contribution in [3.63, 3.8) is 0 Å². The van der Waals surface area contributed by atoms with Crippen molar-refractivity contribution in [3.8, 4) is 0 Å². The number of fused-ring (bicyclic) bond motifs is 1. The molecule has 0 bridgehead atoms. The fraction of sp³-hybridized carbons (Fsp3) is 0.500. The van der Waals surface area contributed by atoms with E-state index >= 15 is 0 Å². The van der Waals surface area contributed by atoms with Crippen molar-refractivity contribution in [3.05, 3.63) is 36.3 Å². The molecule has 5 N–H and O–H groups in total. The highest BCUT2D eigenvalue weighted by molar-refractivity contribution is 5.52. The van der Waals surface area contributed by atoms with Gasteiger partial charge in [0.2, 0.25) is 5.95 Å². The Kier molecular flexibility index (Phi) is 4.52. The SMILES string of the molecule is C[C@@]1(O)[C@H](O)[C@@H](CO)O[C@H]1c1cnn2c(NCCc3cnc[nH]3)ncnc12. The molecule has 1 aliphatic heterocycles. The lowest BCUT2D eigenvalue weighted by Crippen LogP contribution is -2.43. The molecule has 4 heterocycles. The number of hydrogen-bond donors (Lipinski definition) is 5. The zero-order valence-electron chi connectivity index (χ0n) is 14.6. The lowest BCUT2D eigenvalue weighted by molar-refractivity contribution is -0.0641. The molecule has 11 nitrogen and oxygen atoms in total. The molecule has 0 unspecified atom stereocenters. The van der Waals surface area contributed by atoms with Gasteiger partial charge in [-0.25, -0.2) is 15.0 Å². The van der Waals surface area contributed by atoms with Crippen LogP contribution in [0.5, 0.6) is 0 Å². The largest absolute Gasteiger partial charge is 0.394 e. The van der Waals surface area contributed by atoms with E-state index < -0.39 is 30.5 Å². The molecule has 0 radical (unpaired) electrons. The second-order valence-corrected chi connectivity index (χ2v) is 6.69. The van der Waals surface area contributed by atoms with Crippen LogP contribution >= 0.6 is 0 Å². The molecule has 1 saturated heterocycles.